The molecule has 0 saturated carbocycles. The topological polar surface area (TPSA) is 102 Å². The first-order valence-corrected chi connectivity index (χ1v) is 10.3. The molecule has 0 aliphatic heterocycles. The number of nitrogens with one attached hydrogen (secondary N) is 2. The normalized spacial score (nSPS) is 10.9. The van der Waals surface area contributed by atoms with Gasteiger partial charge in [0.05, 0.1) is 0 Å². The fourth-order valence-electron chi connectivity index (χ4n) is 2.41. The fraction of sp³-hybridized carbons (Fsp3) is 0. The van der Waals surface area contributed by atoms with Crippen molar-refractivity contribution < 1.29 is 31.0 Å². The van der Waals surface area contributed by atoms with E-state index < -0.39 is 39.3 Å². The van der Waals surface area contributed by atoms with E-state index in [4.69, 9.17) is 15.8 Å². The van der Waals surface area contributed by atoms with E-state index in [2.05, 4.69) is 5.32 Å². The molecule has 3 amide bonds. The van der Waals surface area contributed by atoms with Gasteiger partial charge in [0.1, 0.15) is 27.8 Å². The first kappa shape index (κ1) is 22.2. The van der Waals surface area contributed by atoms with Crippen LogP contribution in [0.4, 0.5) is 19.3 Å². The van der Waals surface area contributed by atoms with Gasteiger partial charge in [-0.05, 0) is 60.7 Å². The lowest BCUT2D eigenvalue weighted by Crippen LogP contribution is -2.35. The summed E-state index contributed by atoms with van der Waals surface area (Å²) in [6.45, 7) is 0. The summed E-state index contributed by atoms with van der Waals surface area (Å²) in [4.78, 5) is 23.6. The van der Waals surface area contributed by atoms with E-state index in [1.54, 1.807) is 5.32 Å². The molecule has 0 atom stereocenters. The zero-order valence-electron chi connectivity index (χ0n) is 15.4. The number of hydrogen-bond acceptors (Lipinski definition) is 5. The van der Waals surface area contributed by atoms with Crippen LogP contribution in [0.2, 0.25) is 5.02 Å². The lowest BCUT2D eigenvalue weighted by atomic mass is 10.2. The van der Waals surface area contributed by atoms with Gasteiger partial charge in [-0.15, -0.1) is 0 Å². The standard InChI is InChI=1S/C20H13ClF2N2O5S/c21-12-4-8-14(9-5-12)30-31(28,29)15-10-6-13(7-11-15)24-20(27)25-19(26)18-16(22)2-1-3-17(18)23/h1-11H,(H2,24,25,26,27). The molecular weight excluding hydrogens is 454 g/mol. The summed E-state index contributed by atoms with van der Waals surface area (Å²) in [5.41, 5.74) is -0.789. The van der Waals surface area contributed by atoms with Gasteiger partial charge in [-0.3, -0.25) is 10.1 Å². The highest BCUT2D eigenvalue weighted by Crippen LogP contribution is 2.22. The highest BCUT2D eigenvalue weighted by atomic mass is 35.5. The lowest BCUT2D eigenvalue weighted by Gasteiger charge is -2.10. The van der Waals surface area contributed by atoms with Crippen LogP contribution >= 0.6 is 11.6 Å². The lowest BCUT2D eigenvalue weighted by molar-refractivity contribution is 0.0959. The molecule has 0 fully saturated rings. The third kappa shape index (κ3) is 5.56. The molecular formula is C20H13ClF2N2O5S. The molecule has 11 heteroatoms. The van der Waals surface area contributed by atoms with Gasteiger partial charge in [0, 0.05) is 10.7 Å². The van der Waals surface area contributed by atoms with Crippen LogP contribution in [0.25, 0.3) is 0 Å². The van der Waals surface area contributed by atoms with Gasteiger partial charge in [-0.2, -0.15) is 8.42 Å². The zero-order chi connectivity index (χ0) is 22.6. The Morgan fingerprint density at radius 1 is 0.871 bits per heavy atom. The van der Waals surface area contributed by atoms with Gasteiger partial charge in [-0.25, -0.2) is 13.6 Å². The first-order chi connectivity index (χ1) is 14.7. The Morgan fingerprint density at radius 2 is 1.45 bits per heavy atom. The SMILES string of the molecule is O=C(NC(=O)c1c(F)cccc1F)Nc1ccc(S(=O)(=O)Oc2ccc(Cl)cc2)cc1. The van der Waals surface area contributed by atoms with Gasteiger partial charge < -0.3 is 9.50 Å². The number of hydrogen-bond donors (Lipinski definition) is 2. The summed E-state index contributed by atoms with van der Waals surface area (Å²) in [7, 11) is -4.14. The van der Waals surface area contributed by atoms with Crippen molar-refractivity contribution in [2.45, 2.75) is 4.90 Å². The summed E-state index contributed by atoms with van der Waals surface area (Å²) in [6.07, 6.45) is 0. The predicted octanol–water partition coefficient (Wildman–Crippen LogP) is 4.35. The number of carbonyl (C=O) groups is 2. The Balaban J connectivity index is 1.65. The molecule has 0 aromatic heterocycles. The predicted molar refractivity (Wildman–Crippen MR) is 109 cm³/mol. The van der Waals surface area contributed by atoms with Crippen LogP contribution in [-0.2, 0) is 10.1 Å². The van der Waals surface area contributed by atoms with Gasteiger partial charge in [0.2, 0.25) is 0 Å². The summed E-state index contributed by atoms with van der Waals surface area (Å²) in [6, 6.07) is 12.3. The first-order valence-electron chi connectivity index (χ1n) is 8.52. The molecule has 0 unspecified atom stereocenters. The van der Waals surface area contributed by atoms with Crippen molar-refractivity contribution in [2.24, 2.45) is 0 Å². The summed E-state index contributed by atoms with van der Waals surface area (Å²) >= 11 is 5.74. The average Bonchev–Trinajstić information content (AvgIpc) is 2.70. The number of imide groups is 1. The van der Waals surface area contributed by atoms with Gasteiger partial charge >= 0.3 is 16.1 Å². The Labute approximate surface area is 180 Å². The maximum atomic E-state index is 13.6. The largest absolute Gasteiger partial charge is 0.379 e. The second-order valence-corrected chi connectivity index (χ2v) is 8.00. The van der Waals surface area contributed by atoms with Gasteiger partial charge in [-0.1, -0.05) is 17.7 Å². The molecule has 0 bridgehead atoms. The molecule has 7 nitrogen and oxygen atoms in total. The number of urea groups is 1. The number of rotatable bonds is 5. The van der Waals surface area contributed by atoms with E-state index >= 15 is 0 Å². The van der Waals surface area contributed by atoms with Crippen LogP contribution in [0.5, 0.6) is 5.75 Å². The minimum Gasteiger partial charge on any atom is -0.379 e. The highest BCUT2D eigenvalue weighted by molar-refractivity contribution is 7.87. The second kappa shape index (κ2) is 9.11. The second-order valence-electron chi connectivity index (χ2n) is 6.02. The van der Waals surface area contributed by atoms with E-state index in [1.165, 1.54) is 48.5 Å². The number of benzene rings is 3. The number of halogens is 3. The minimum atomic E-state index is -4.14. The van der Waals surface area contributed by atoms with Crippen LogP contribution in [0.1, 0.15) is 10.4 Å². The van der Waals surface area contributed by atoms with Crippen LogP contribution in [0.3, 0.4) is 0 Å². The molecule has 0 heterocycles. The molecule has 160 valence electrons. The van der Waals surface area contributed by atoms with Gasteiger partial charge in [0.25, 0.3) is 5.91 Å². The molecule has 3 aromatic rings. The van der Waals surface area contributed by atoms with E-state index in [9.17, 15) is 26.8 Å². The van der Waals surface area contributed by atoms with Crippen molar-refractivity contribution in [1.82, 2.24) is 5.32 Å². The summed E-state index contributed by atoms with van der Waals surface area (Å²) in [5.74, 6) is -3.46. The molecule has 31 heavy (non-hydrogen) atoms. The summed E-state index contributed by atoms with van der Waals surface area (Å²) in [5, 5.41) is 4.45. The van der Waals surface area contributed by atoms with Crippen LogP contribution < -0.4 is 14.8 Å². The van der Waals surface area contributed by atoms with Crippen LogP contribution in [0.15, 0.2) is 71.6 Å². The average molecular weight is 467 g/mol. The molecule has 0 aliphatic rings. The van der Waals surface area contributed by atoms with Crippen molar-refractivity contribution in [1.29, 1.82) is 0 Å². The third-order valence-corrected chi connectivity index (χ3v) is 5.35. The monoisotopic (exact) mass is 466 g/mol. The molecule has 2 N–H and O–H groups in total. The highest BCUT2D eigenvalue weighted by Gasteiger charge is 2.20. The summed E-state index contributed by atoms with van der Waals surface area (Å²) < 4.78 is 56.8. The number of anilines is 1. The van der Waals surface area contributed by atoms with Crippen molar-refractivity contribution in [3.8, 4) is 5.75 Å². The Morgan fingerprint density at radius 3 is 2.03 bits per heavy atom. The maximum absolute atomic E-state index is 13.6. The Hall–Kier alpha value is -3.50. The fourth-order valence-corrected chi connectivity index (χ4v) is 3.47. The molecule has 3 rings (SSSR count). The molecule has 0 spiro atoms. The quantitative estimate of drug-likeness (QED) is 0.544. The van der Waals surface area contributed by atoms with Crippen molar-refractivity contribution >= 4 is 39.3 Å². The van der Waals surface area contributed by atoms with E-state index in [1.807, 2.05) is 0 Å². The van der Waals surface area contributed by atoms with Crippen molar-refractivity contribution in [3.63, 3.8) is 0 Å². The number of carbonyl (C=O) groups excluding carboxylic acids is 2. The van der Waals surface area contributed by atoms with Crippen molar-refractivity contribution in [2.75, 3.05) is 5.32 Å². The minimum absolute atomic E-state index is 0.0601. The molecule has 0 radical (unpaired) electrons. The third-order valence-electron chi connectivity index (χ3n) is 3.84. The van der Waals surface area contributed by atoms with E-state index in [0.29, 0.717) is 5.02 Å². The Kier molecular flexibility index (Phi) is 6.52. The zero-order valence-corrected chi connectivity index (χ0v) is 17.0. The molecule has 0 aliphatic carbocycles. The van der Waals surface area contributed by atoms with E-state index in [-0.39, 0.29) is 16.3 Å². The van der Waals surface area contributed by atoms with Crippen LogP contribution in [-0.4, -0.2) is 20.4 Å². The van der Waals surface area contributed by atoms with Gasteiger partial charge in [0.15, 0.2) is 0 Å². The van der Waals surface area contributed by atoms with E-state index in [0.717, 1.165) is 18.2 Å². The Bertz CT molecular complexity index is 1210. The van der Waals surface area contributed by atoms with Crippen molar-refractivity contribution in [3.05, 3.63) is 89.0 Å². The number of amides is 3. The molecule has 3 aromatic carbocycles. The molecule has 0 saturated heterocycles. The van der Waals surface area contributed by atoms with Crippen LogP contribution in [0, 0.1) is 11.6 Å². The maximum Gasteiger partial charge on any atom is 0.339 e. The smallest absolute Gasteiger partial charge is 0.339 e.